The molecule has 4 atom stereocenters. The van der Waals surface area contributed by atoms with Gasteiger partial charge in [-0.2, -0.15) is 0 Å². The molecule has 5 heteroatoms. The van der Waals surface area contributed by atoms with Crippen LogP contribution in [0.5, 0.6) is 0 Å². The van der Waals surface area contributed by atoms with Crippen LogP contribution in [0.25, 0.3) is 0 Å². The molecular formula is C17H32O5. The van der Waals surface area contributed by atoms with Gasteiger partial charge in [0.25, 0.3) is 0 Å². The van der Waals surface area contributed by atoms with E-state index in [2.05, 4.69) is 25.5 Å². The first-order valence-electron chi connectivity index (χ1n) is 8.35. The minimum atomic E-state index is -0.313. The molecule has 0 aromatic rings. The number of hydrogen-bond donors (Lipinski definition) is 1. The fourth-order valence-electron chi connectivity index (χ4n) is 3.34. The van der Waals surface area contributed by atoms with Gasteiger partial charge in [0.2, 0.25) is 0 Å². The maximum atomic E-state index is 10.9. The van der Waals surface area contributed by atoms with Gasteiger partial charge in [-0.05, 0) is 26.7 Å². The molecule has 2 aliphatic rings. The molecule has 4 unspecified atom stereocenters. The number of esters is 1. The van der Waals surface area contributed by atoms with Gasteiger partial charge in [0.1, 0.15) is 0 Å². The molecule has 2 heterocycles. The topological polar surface area (TPSA) is 65.0 Å². The normalized spacial score (nSPS) is 36.5. The Balaban J connectivity index is 0.000000224. The molecule has 0 amide bonds. The van der Waals surface area contributed by atoms with Gasteiger partial charge in [-0.3, -0.25) is 0 Å². The summed E-state index contributed by atoms with van der Waals surface area (Å²) in [5, 5.41) is 8.66. The van der Waals surface area contributed by atoms with E-state index >= 15 is 0 Å². The quantitative estimate of drug-likeness (QED) is 0.763. The highest BCUT2D eigenvalue weighted by Crippen LogP contribution is 2.37. The molecule has 2 fully saturated rings. The van der Waals surface area contributed by atoms with Crippen molar-refractivity contribution >= 4 is 5.97 Å². The SMILES string of the molecule is CCCC1(C)CC(C(=O)OC)O1.CCCC1(C)CC(CO)O1. The second kappa shape index (κ2) is 8.27. The maximum absolute atomic E-state index is 10.9. The van der Waals surface area contributed by atoms with Crippen molar-refractivity contribution in [1.82, 2.24) is 0 Å². The summed E-state index contributed by atoms with van der Waals surface area (Å²) in [5.74, 6) is -0.247. The Kier molecular flexibility index (Phi) is 7.29. The summed E-state index contributed by atoms with van der Waals surface area (Å²) in [6.07, 6.45) is 6.01. The molecule has 0 saturated carbocycles. The lowest BCUT2D eigenvalue weighted by molar-refractivity contribution is -0.216. The van der Waals surface area contributed by atoms with E-state index in [4.69, 9.17) is 14.6 Å². The summed E-state index contributed by atoms with van der Waals surface area (Å²) in [4.78, 5) is 10.9. The third-order valence-electron chi connectivity index (χ3n) is 4.38. The van der Waals surface area contributed by atoms with Gasteiger partial charge >= 0.3 is 5.97 Å². The Morgan fingerprint density at radius 1 is 1.14 bits per heavy atom. The molecule has 2 saturated heterocycles. The van der Waals surface area contributed by atoms with Crippen LogP contribution in [0.15, 0.2) is 0 Å². The molecule has 2 rings (SSSR count). The van der Waals surface area contributed by atoms with Crippen LogP contribution in [0.2, 0.25) is 0 Å². The summed E-state index contributed by atoms with van der Waals surface area (Å²) in [6, 6.07) is 0. The first-order chi connectivity index (χ1) is 10.3. The van der Waals surface area contributed by atoms with E-state index in [9.17, 15) is 4.79 Å². The van der Waals surface area contributed by atoms with E-state index in [1.54, 1.807) is 0 Å². The monoisotopic (exact) mass is 316 g/mol. The van der Waals surface area contributed by atoms with Gasteiger partial charge in [-0.15, -0.1) is 0 Å². The number of hydrogen-bond acceptors (Lipinski definition) is 5. The number of ether oxygens (including phenoxy) is 3. The molecule has 0 spiro atoms. The molecule has 0 aliphatic carbocycles. The number of methoxy groups -OCH3 is 1. The molecule has 0 aromatic carbocycles. The number of carbonyl (C=O) groups is 1. The fraction of sp³-hybridized carbons (Fsp3) is 0.941. The third-order valence-corrected chi connectivity index (χ3v) is 4.38. The van der Waals surface area contributed by atoms with Gasteiger partial charge in [-0.1, -0.05) is 26.7 Å². The summed E-state index contributed by atoms with van der Waals surface area (Å²) in [7, 11) is 1.39. The van der Waals surface area contributed by atoms with Crippen molar-refractivity contribution in [3.05, 3.63) is 0 Å². The fourth-order valence-corrected chi connectivity index (χ4v) is 3.34. The van der Waals surface area contributed by atoms with Crippen molar-refractivity contribution in [3.8, 4) is 0 Å². The Hall–Kier alpha value is -0.650. The van der Waals surface area contributed by atoms with Crippen molar-refractivity contribution in [2.75, 3.05) is 13.7 Å². The molecule has 0 bridgehead atoms. The van der Waals surface area contributed by atoms with Crippen molar-refractivity contribution in [2.45, 2.75) is 89.6 Å². The number of rotatable bonds is 6. The standard InChI is InChI=1S/C9H16O3.C8H16O2/c1-4-5-9(2)6-7(12-9)8(10)11-3;1-3-4-8(2)5-7(6-9)10-8/h7H,4-6H2,1-3H3;7,9H,3-6H2,1-2H3. The number of aliphatic hydroxyl groups excluding tert-OH is 1. The Morgan fingerprint density at radius 2 is 1.59 bits per heavy atom. The van der Waals surface area contributed by atoms with E-state index < -0.39 is 0 Å². The maximum Gasteiger partial charge on any atom is 0.335 e. The molecule has 0 aromatic heterocycles. The highest BCUT2D eigenvalue weighted by molar-refractivity contribution is 5.75. The highest BCUT2D eigenvalue weighted by atomic mass is 16.6. The van der Waals surface area contributed by atoms with Crippen LogP contribution in [-0.4, -0.2) is 48.2 Å². The van der Waals surface area contributed by atoms with Crippen molar-refractivity contribution < 1.29 is 24.1 Å². The Morgan fingerprint density at radius 3 is 1.95 bits per heavy atom. The predicted octanol–water partition coefficient (Wildman–Crippen LogP) is 2.83. The second-order valence-electron chi connectivity index (χ2n) is 6.86. The van der Waals surface area contributed by atoms with Crippen LogP contribution >= 0.6 is 0 Å². The van der Waals surface area contributed by atoms with Crippen LogP contribution in [0.4, 0.5) is 0 Å². The molecule has 5 nitrogen and oxygen atoms in total. The smallest absolute Gasteiger partial charge is 0.335 e. The molecule has 1 N–H and O–H groups in total. The number of aliphatic hydroxyl groups is 1. The van der Waals surface area contributed by atoms with Crippen LogP contribution in [-0.2, 0) is 19.0 Å². The average molecular weight is 316 g/mol. The minimum Gasteiger partial charge on any atom is -0.467 e. The number of carbonyl (C=O) groups excluding carboxylic acids is 1. The Bertz CT molecular complexity index is 343. The molecular weight excluding hydrogens is 284 g/mol. The Labute approximate surface area is 134 Å². The van der Waals surface area contributed by atoms with Gasteiger partial charge < -0.3 is 19.3 Å². The summed E-state index contributed by atoms with van der Waals surface area (Å²) < 4.78 is 15.5. The zero-order chi connectivity index (χ0) is 16.8. The highest BCUT2D eigenvalue weighted by Gasteiger charge is 2.45. The third kappa shape index (κ3) is 5.21. The molecule has 22 heavy (non-hydrogen) atoms. The first-order valence-corrected chi connectivity index (χ1v) is 8.35. The molecule has 130 valence electrons. The lowest BCUT2D eigenvalue weighted by Gasteiger charge is -2.45. The van der Waals surface area contributed by atoms with Crippen molar-refractivity contribution in [2.24, 2.45) is 0 Å². The van der Waals surface area contributed by atoms with Crippen LogP contribution in [0.1, 0.15) is 66.2 Å². The zero-order valence-electron chi connectivity index (χ0n) is 14.7. The molecule has 2 aliphatic heterocycles. The second-order valence-corrected chi connectivity index (χ2v) is 6.86. The van der Waals surface area contributed by atoms with Gasteiger partial charge in [-0.25, -0.2) is 4.79 Å². The summed E-state index contributed by atoms with van der Waals surface area (Å²) in [5.41, 5.74) is 0.00968. The van der Waals surface area contributed by atoms with Crippen LogP contribution in [0, 0.1) is 0 Å². The molecule has 0 radical (unpaired) electrons. The van der Waals surface area contributed by atoms with E-state index in [1.807, 2.05) is 6.92 Å². The van der Waals surface area contributed by atoms with Crippen molar-refractivity contribution in [3.63, 3.8) is 0 Å². The first kappa shape index (κ1) is 19.4. The van der Waals surface area contributed by atoms with Gasteiger partial charge in [0.05, 0.1) is 31.0 Å². The van der Waals surface area contributed by atoms with Crippen LogP contribution in [0.3, 0.4) is 0 Å². The summed E-state index contributed by atoms with van der Waals surface area (Å²) >= 11 is 0. The van der Waals surface area contributed by atoms with E-state index in [0.29, 0.717) is 0 Å². The average Bonchev–Trinajstić information content (AvgIpc) is 2.42. The largest absolute Gasteiger partial charge is 0.467 e. The van der Waals surface area contributed by atoms with Crippen LogP contribution < -0.4 is 0 Å². The lowest BCUT2D eigenvalue weighted by atomic mass is 9.87. The van der Waals surface area contributed by atoms with E-state index in [-0.39, 0.29) is 36.0 Å². The zero-order valence-corrected chi connectivity index (χ0v) is 14.7. The minimum absolute atomic E-state index is 0.0758. The van der Waals surface area contributed by atoms with E-state index in [0.717, 1.165) is 38.5 Å². The van der Waals surface area contributed by atoms with E-state index in [1.165, 1.54) is 7.11 Å². The van der Waals surface area contributed by atoms with Crippen molar-refractivity contribution in [1.29, 1.82) is 0 Å². The lowest BCUT2D eigenvalue weighted by Crippen LogP contribution is -2.52. The van der Waals surface area contributed by atoms with Gasteiger partial charge in [0.15, 0.2) is 6.10 Å². The predicted molar refractivity (Wildman–Crippen MR) is 84.7 cm³/mol. The summed E-state index contributed by atoms with van der Waals surface area (Å²) in [6.45, 7) is 8.60. The van der Waals surface area contributed by atoms with Gasteiger partial charge in [0, 0.05) is 12.8 Å².